The zero-order valence-corrected chi connectivity index (χ0v) is 10.3. The summed E-state index contributed by atoms with van der Waals surface area (Å²) in [5.74, 6) is -0.212. The molecule has 0 heterocycles. The molecule has 1 aromatic carbocycles. The van der Waals surface area contributed by atoms with Crippen molar-refractivity contribution in [2.45, 2.75) is 19.4 Å². The van der Waals surface area contributed by atoms with Gasteiger partial charge in [-0.3, -0.25) is 4.79 Å². The topological polar surface area (TPSA) is 55.8 Å². The highest BCUT2D eigenvalue weighted by molar-refractivity contribution is 5.73. The second-order valence-electron chi connectivity index (χ2n) is 3.76. The molecule has 0 aliphatic rings. The first-order valence-corrected chi connectivity index (χ1v) is 5.53. The summed E-state index contributed by atoms with van der Waals surface area (Å²) < 4.78 is 9.70. The first-order valence-electron chi connectivity index (χ1n) is 5.53. The average molecular weight is 238 g/mol. The number of benzene rings is 1. The van der Waals surface area contributed by atoms with Crippen LogP contribution in [0.1, 0.15) is 25.0 Å². The van der Waals surface area contributed by atoms with E-state index in [2.05, 4.69) is 4.74 Å². The third-order valence-electron chi connectivity index (χ3n) is 2.78. The number of aliphatic hydroxyl groups excluding tert-OH is 1. The average Bonchev–Trinajstić information content (AvgIpc) is 2.39. The van der Waals surface area contributed by atoms with E-state index >= 15 is 0 Å². The Balaban J connectivity index is 2.85. The number of carbonyl (C=O) groups excluding carboxylic acids is 1. The molecule has 2 unspecified atom stereocenters. The van der Waals surface area contributed by atoms with Crippen LogP contribution in [0.25, 0.3) is 0 Å². The summed E-state index contributed by atoms with van der Waals surface area (Å²) in [6.45, 7) is 1.84. The van der Waals surface area contributed by atoms with E-state index in [4.69, 9.17) is 4.74 Å². The van der Waals surface area contributed by atoms with E-state index in [1.54, 1.807) is 31.4 Å². The summed E-state index contributed by atoms with van der Waals surface area (Å²) in [6.07, 6.45) is -0.321. The van der Waals surface area contributed by atoms with Crippen LogP contribution in [0.2, 0.25) is 0 Å². The zero-order valence-electron chi connectivity index (χ0n) is 10.3. The third kappa shape index (κ3) is 3.20. The Labute approximate surface area is 101 Å². The van der Waals surface area contributed by atoms with Gasteiger partial charge in [0.2, 0.25) is 0 Å². The molecule has 17 heavy (non-hydrogen) atoms. The van der Waals surface area contributed by atoms with Crippen LogP contribution >= 0.6 is 0 Å². The fraction of sp³-hybridized carbons (Fsp3) is 0.462. The maximum Gasteiger partial charge on any atom is 0.311 e. The fourth-order valence-corrected chi connectivity index (χ4v) is 1.70. The van der Waals surface area contributed by atoms with Gasteiger partial charge in [0, 0.05) is 0 Å². The second-order valence-corrected chi connectivity index (χ2v) is 3.76. The number of methoxy groups -OCH3 is 2. The zero-order chi connectivity index (χ0) is 12.8. The summed E-state index contributed by atoms with van der Waals surface area (Å²) in [5.41, 5.74) is 0.683. The molecule has 4 heteroatoms. The van der Waals surface area contributed by atoms with E-state index in [0.29, 0.717) is 17.7 Å². The lowest BCUT2D eigenvalue weighted by Gasteiger charge is -2.19. The molecule has 0 aliphatic carbocycles. The maximum atomic E-state index is 11.5. The predicted octanol–water partition coefficient (Wildman–Crippen LogP) is 1.93. The lowest BCUT2D eigenvalue weighted by Crippen LogP contribution is -2.22. The number of rotatable bonds is 5. The van der Waals surface area contributed by atoms with Gasteiger partial charge >= 0.3 is 5.97 Å². The van der Waals surface area contributed by atoms with Crippen molar-refractivity contribution in [3.8, 4) is 5.75 Å². The molecular formula is C13H18O4. The number of hydrogen-bond donors (Lipinski definition) is 1. The summed E-state index contributed by atoms with van der Waals surface area (Å²) in [7, 11) is 2.90. The Morgan fingerprint density at radius 1 is 1.29 bits per heavy atom. The third-order valence-corrected chi connectivity index (χ3v) is 2.78. The molecule has 0 saturated carbocycles. The minimum absolute atomic E-state index is 0.393. The summed E-state index contributed by atoms with van der Waals surface area (Å²) in [4.78, 5) is 11.5. The van der Waals surface area contributed by atoms with Gasteiger partial charge in [0.05, 0.1) is 26.2 Å². The van der Waals surface area contributed by atoms with Gasteiger partial charge in [-0.05, 0) is 24.1 Å². The molecule has 0 aliphatic heterocycles. The number of carbonyl (C=O) groups is 1. The highest BCUT2D eigenvalue weighted by Gasteiger charge is 2.27. The highest BCUT2D eigenvalue weighted by atomic mass is 16.5. The summed E-state index contributed by atoms with van der Waals surface area (Å²) in [6, 6.07) is 7.00. The van der Waals surface area contributed by atoms with E-state index < -0.39 is 18.0 Å². The van der Waals surface area contributed by atoms with Crippen LogP contribution in [-0.4, -0.2) is 25.3 Å². The quantitative estimate of drug-likeness (QED) is 0.796. The maximum absolute atomic E-state index is 11.5. The molecular weight excluding hydrogens is 220 g/mol. The number of hydrogen-bond acceptors (Lipinski definition) is 4. The van der Waals surface area contributed by atoms with Gasteiger partial charge in [-0.2, -0.15) is 0 Å². The predicted molar refractivity (Wildman–Crippen MR) is 63.8 cm³/mol. The lowest BCUT2D eigenvalue weighted by molar-refractivity contribution is -0.149. The number of aliphatic hydroxyl groups is 1. The van der Waals surface area contributed by atoms with Gasteiger partial charge in [-0.25, -0.2) is 0 Å². The van der Waals surface area contributed by atoms with E-state index in [1.165, 1.54) is 7.11 Å². The van der Waals surface area contributed by atoms with Crippen molar-refractivity contribution in [1.82, 2.24) is 0 Å². The Hall–Kier alpha value is -1.55. The molecule has 1 N–H and O–H groups in total. The van der Waals surface area contributed by atoms with Crippen LogP contribution in [0.5, 0.6) is 5.75 Å². The molecule has 0 aromatic heterocycles. The lowest BCUT2D eigenvalue weighted by atomic mass is 9.93. The van der Waals surface area contributed by atoms with Crippen molar-refractivity contribution in [2.24, 2.45) is 5.92 Å². The molecule has 1 aromatic rings. The Morgan fingerprint density at radius 3 is 2.29 bits per heavy atom. The molecule has 0 fully saturated rings. The number of ether oxygens (including phenoxy) is 2. The molecule has 0 spiro atoms. The van der Waals surface area contributed by atoms with Crippen molar-refractivity contribution in [3.05, 3.63) is 29.8 Å². The van der Waals surface area contributed by atoms with E-state index in [1.807, 2.05) is 6.92 Å². The first-order chi connectivity index (χ1) is 8.13. The van der Waals surface area contributed by atoms with Crippen molar-refractivity contribution in [3.63, 3.8) is 0 Å². The Morgan fingerprint density at radius 2 is 1.88 bits per heavy atom. The van der Waals surface area contributed by atoms with Crippen molar-refractivity contribution < 1.29 is 19.4 Å². The van der Waals surface area contributed by atoms with Crippen LogP contribution < -0.4 is 4.74 Å². The first kappa shape index (κ1) is 13.5. The van der Waals surface area contributed by atoms with Gasteiger partial charge < -0.3 is 14.6 Å². The molecule has 4 nitrogen and oxygen atoms in total. The van der Waals surface area contributed by atoms with Gasteiger partial charge in [0.25, 0.3) is 0 Å². The van der Waals surface area contributed by atoms with Crippen molar-refractivity contribution in [2.75, 3.05) is 14.2 Å². The minimum Gasteiger partial charge on any atom is -0.497 e. The Kier molecular flexibility index (Phi) is 4.97. The van der Waals surface area contributed by atoms with E-state index in [9.17, 15) is 9.90 Å². The van der Waals surface area contributed by atoms with Gasteiger partial charge in [0.15, 0.2) is 0 Å². The monoisotopic (exact) mass is 238 g/mol. The smallest absolute Gasteiger partial charge is 0.311 e. The molecule has 0 bridgehead atoms. The van der Waals surface area contributed by atoms with Crippen LogP contribution in [-0.2, 0) is 9.53 Å². The minimum atomic E-state index is -0.849. The molecule has 0 amide bonds. The normalized spacial score (nSPS) is 13.9. The molecule has 0 saturated heterocycles. The molecule has 2 atom stereocenters. The largest absolute Gasteiger partial charge is 0.497 e. The molecule has 94 valence electrons. The van der Waals surface area contributed by atoms with Gasteiger partial charge in [0.1, 0.15) is 5.75 Å². The van der Waals surface area contributed by atoms with Crippen molar-refractivity contribution >= 4 is 5.97 Å². The van der Waals surface area contributed by atoms with Crippen LogP contribution in [0.4, 0.5) is 0 Å². The van der Waals surface area contributed by atoms with Crippen molar-refractivity contribution in [1.29, 1.82) is 0 Å². The van der Waals surface area contributed by atoms with Gasteiger partial charge in [-0.1, -0.05) is 19.1 Å². The van der Waals surface area contributed by atoms with E-state index in [0.717, 1.165) is 0 Å². The van der Waals surface area contributed by atoms with Crippen LogP contribution in [0.15, 0.2) is 24.3 Å². The van der Waals surface area contributed by atoms with E-state index in [-0.39, 0.29) is 0 Å². The second kappa shape index (κ2) is 6.25. The SMILES string of the molecule is CCC(C(=O)OC)C(O)c1ccc(OC)cc1. The van der Waals surface area contributed by atoms with Crippen LogP contribution in [0.3, 0.4) is 0 Å². The summed E-state index contributed by atoms with van der Waals surface area (Å²) in [5, 5.41) is 10.1. The van der Waals surface area contributed by atoms with Gasteiger partial charge in [-0.15, -0.1) is 0 Å². The molecule has 0 radical (unpaired) electrons. The standard InChI is InChI=1S/C13H18O4/c1-4-11(13(15)17-3)12(14)9-5-7-10(16-2)8-6-9/h5-8,11-12,14H,4H2,1-3H3. The molecule has 1 rings (SSSR count). The summed E-state index contributed by atoms with van der Waals surface area (Å²) >= 11 is 0. The Bertz CT molecular complexity index is 358. The van der Waals surface area contributed by atoms with Crippen LogP contribution in [0, 0.1) is 5.92 Å². The fourth-order valence-electron chi connectivity index (χ4n) is 1.70. The number of esters is 1. The highest BCUT2D eigenvalue weighted by Crippen LogP contribution is 2.27.